The maximum absolute atomic E-state index is 12.1. The molecule has 2 aromatic carbocycles. The molecule has 0 saturated carbocycles. The first-order valence-electron chi connectivity index (χ1n) is 5.71. The Labute approximate surface area is 108 Å². The lowest BCUT2D eigenvalue weighted by Crippen LogP contribution is -2.14. The Morgan fingerprint density at radius 3 is 1.89 bits per heavy atom. The van der Waals surface area contributed by atoms with Gasteiger partial charge in [0, 0.05) is 5.56 Å². The number of rotatable bonds is 3. The van der Waals surface area contributed by atoms with Crippen LogP contribution in [0.5, 0.6) is 0 Å². The van der Waals surface area contributed by atoms with Crippen LogP contribution in [-0.2, 0) is 0 Å². The van der Waals surface area contributed by atoms with Gasteiger partial charge in [-0.3, -0.25) is 4.79 Å². The average Bonchev–Trinajstić information content (AvgIpc) is 2.38. The van der Waals surface area contributed by atoms with Crippen LogP contribution in [-0.4, -0.2) is 12.0 Å². The van der Waals surface area contributed by atoms with Gasteiger partial charge in [-0.1, -0.05) is 54.6 Å². The van der Waals surface area contributed by atoms with E-state index in [0.29, 0.717) is 0 Å². The summed E-state index contributed by atoms with van der Waals surface area (Å²) >= 11 is 0. The van der Waals surface area contributed by atoms with Gasteiger partial charge in [0.15, 0.2) is 5.78 Å². The summed E-state index contributed by atoms with van der Waals surface area (Å²) in [5, 5.41) is 0. The fraction of sp³-hybridized carbons (Fsp3) is 0.133. The minimum atomic E-state index is -4.46. The van der Waals surface area contributed by atoms with Gasteiger partial charge in [-0.15, -0.1) is 0 Å². The molecule has 0 atom stereocenters. The number of halogens is 3. The van der Waals surface area contributed by atoms with E-state index in [4.69, 9.17) is 0 Å². The highest BCUT2D eigenvalue weighted by Crippen LogP contribution is 2.24. The molecule has 19 heavy (non-hydrogen) atoms. The van der Waals surface area contributed by atoms with Crippen molar-refractivity contribution < 1.29 is 18.0 Å². The molecule has 0 amide bonds. The van der Waals surface area contributed by atoms with E-state index in [0.717, 1.165) is 11.1 Å². The van der Waals surface area contributed by atoms with Gasteiger partial charge in [0.2, 0.25) is 0 Å². The molecule has 4 heteroatoms. The fourth-order valence-electron chi connectivity index (χ4n) is 1.76. The van der Waals surface area contributed by atoms with Crippen LogP contribution in [0.3, 0.4) is 0 Å². The van der Waals surface area contributed by atoms with Crippen molar-refractivity contribution in [3.63, 3.8) is 0 Å². The summed E-state index contributed by atoms with van der Waals surface area (Å²) in [7, 11) is 0. The average molecular weight is 264 g/mol. The predicted octanol–water partition coefficient (Wildman–Crippen LogP) is 4.49. The summed E-state index contributed by atoms with van der Waals surface area (Å²) in [5.41, 5.74) is 1.90. The second-order valence-electron chi connectivity index (χ2n) is 4.16. The lowest BCUT2D eigenvalue weighted by Gasteiger charge is -2.06. The van der Waals surface area contributed by atoms with E-state index in [1.807, 2.05) is 30.3 Å². The molecule has 0 aliphatic carbocycles. The molecule has 0 radical (unpaired) electrons. The van der Waals surface area contributed by atoms with E-state index in [2.05, 4.69) is 0 Å². The molecule has 0 heterocycles. The van der Waals surface area contributed by atoms with E-state index in [1.165, 1.54) is 12.1 Å². The molecule has 0 unspecified atom stereocenters. The molecule has 98 valence electrons. The number of benzene rings is 2. The molecule has 0 aromatic heterocycles. The van der Waals surface area contributed by atoms with Crippen LogP contribution in [0.15, 0.2) is 54.6 Å². The molecule has 1 nitrogen and oxygen atoms in total. The van der Waals surface area contributed by atoms with E-state index in [1.54, 1.807) is 12.1 Å². The number of hydrogen-bond acceptors (Lipinski definition) is 1. The minimum Gasteiger partial charge on any atom is -0.294 e. The summed E-state index contributed by atoms with van der Waals surface area (Å²) in [5.74, 6) is -0.910. The van der Waals surface area contributed by atoms with Gasteiger partial charge in [0.25, 0.3) is 0 Å². The van der Waals surface area contributed by atoms with Crippen molar-refractivity contribution in [2.75, 3.05) is 0 Å². The maximum atomic E-state index is 12.1. The molecule has 0 spiro atoms. The van der Waals surface area contributed by atoms with Crippen molar-refractivity contribution in [3.8, 4) is 11.1 Å². The van der Waals surface area contributed by atoms with Crippen molar-refractivity contribution in [2.24, 2.45) is 0 Å². The van der Waals surface area contributed by atoms with E-state index in [-0.39, 0.29) is 5.56 Å². The third-order valence-electron chi connectivity index (χ3n) is 2.68. The van der Waals surface area contributed by atoms with Crippen LogP contribution in [0.4, 0.5) is 13.2 Å². The predicted molar refractivity (Wildman–Crippen MR) is 66.9 cm³/mol. The maximum Gasteiger partial charge on any atom is 0.396 e. The minimum absolute atomic E-state index is 0.0806. The first-order chi connectivity index (χ1) is 8.96. The standard InChI is InChI=1S/C15H11F3O/c16-15(17,18)10-14(19)13-8-6-12(7-9-13)11-4-2-1-3-5-11/h1-9H,10H2. The van der Waals surface area contributed by atoms with Gasteiger partial charge in [-0.25, -0.2) is 0 Å². The highest BCUT2D eigenvalue weighted by molar-refractivity contribution is 5.96. The Morgan fingerprint density at radius 2 is 1.37 bits per heavy atom. The molecule has 0 aliphatic heterocycles. The molecule has 0 aliphatic rings. The Bertz CT molecular complexity index is 556. The monoisotopic (exact) mass is 264 g/mol. The van der Waals surface area contributed by atoms with Crippen LogP contribution in [0.2, 0.25) is 0 Å². The second-order valence-corrected chi connectivity index (χ2v) is 4.16. The summed E-state index contributed by atoms with van der Waals surface area (Å²) in [4.78, 5) is 11.4. The number of Topliss-reactive ketones (excluding diaryl/α,β-unsaturated/α-hetero) is 1. The Balaban J connectivity index is 2.17. The number of ketones is 1. The number of carbonyl (C=O) groups is 1. The topological polar surface area (TPSA) is 17.1 Å². The third-order valence-corrected chi connectivity index (χ3v) is 2.68. The number of carbonyl (C=O) groups excluding carboxylic acids is 1. The molecule has 0 fully saturated rings. The van der Waals surface area contributed by atoms with Crippen LogP contribution >= 0.6 is 0 Å². The van der Waals surface area contributed by atoms with E-state index >= 15 is 0 Å². The lowest BCUT2D eigenvalue weighted by atomic mass is 10.0. The first-order valence-corrected chi connectivity index (χ1v) is 5.71. The molecule has 2 rings (SSSR count). The van der Waals surface area contributed by atoms with Crippen LogP contribution in [0.25, 0.3) is 11.1 Å². The Kier molecular flexibility index (Phi) is 3.69. The van der Waals surface area contributed by atoms with Gasteiger partial charge in [-0.2, -0.15) is 13.2 Å². The molecule has 0 bridgehead atoms. The highest BCUT2D eigenvalue weighted by Gasteiger charge is 2.31. The smallest absolute Gasteiger partial charge is 0.294 e. The fourth-order valence-corrected chi connectivity index (χ4v) is 1.76. The molecule has 0 saturated heterocycles. The highest BCUT2D eigenvalue weighted by atomic mass is 19.4. The SMILES string of the molecule is O=C(CC(F)(F)F)c1ccc(-c2ccccc2)cc1. The van der Waals surface area contributed by atoms with Gasteiger partial charge < -0.3 is 0 Å². The van der Waals surface area contributed by atoms with Crippen LogP contribution in [0, 0.1) is 0 Å². The van der Waals surface area contributed by atoms with Crippen molar-refractivity contribution in [1.82, 2.24) is 0 Å². The molecular formula is C15H11F3O. The second kappa shape index (κ2) is 5.26. The normalized spacial score (nSPS) is 11.3. The lowest BCUT2D eigenvalue weighted by molar-refractivity contribution is -0.125. The summed E-state index contributed by atoms with van der Waals surface area (Å²) < 4.78 is 36.3. The third kappa shape index (κ3) is 3.68. The zero-order chi connectivity index (χ0) is 13.9. The summed E-state index contributed by atoms with van der Waals surface area (Å²) in [6.45, 7) is 0. The summed E-state index contributed by atoms with van der Waals surface area (Å²) in [6, 6.07) is 15.6. The van der Waals surface area contributed by atoms with Crippen LogP contribution in [0.1, 0.15) is 16.8 Å². The Morgan fingerprint density at radius 1 is 0.842 bits per heavy atom. The van der Waals surface area contributed by atoms with Crippen molar-refractivity contribution >= 4 is 5.78 Å². The van der Waals surface area contributed by atoms with E-state index in [9.17, 15) is 18.0 Å². The zero-order valence-corrected chi connectivity index (χ0v) is 9.95. The van der Waals surface area contributed by atoms with Gasteiger partial charge in [0.1, 0.15) is 6.42 Å². The quantitative estimate of drug-likeness (QED) is 0.746. The zero-order valence-electron chi connectivity index (χ0n) is 9.95. The van der Waals surface area contributed by atoms with Crippen molar-refractivity contribution in [1.29, 1.82) is 0 Å². The van der Waals surface area contributed by atoms with Crippen molar-refractivity contribution in [2.45, 2.75) is 12.6 Å². The number of hydrogen-bond donors (Lipinski definition) is 0. The first kappa shape index (κ1) is 13.3. The molecule has 0 N–H and O–H groups in total. The molecular weight excluding hydrogens is 253 g/mol. The van der Waals surface area contributed by atoms with Gasteiger partial charge in [-0.05, 0) is 11.1 Å². The van der Waals surface area contributed by atoms with Crippen molar-refractivity contribution in [3.05, 3.63) is 60.2 Å². The van der Waals surface area contributed by atoms with E-state index < -0.39 is 18.4 Å². The Hall–Kier alpha value is -2.10. The molecule has 2 aromatic rings. The summed E-state index contributed by atoms with van der Waals surface area (Å²) in [6.07, 6.45) is -5.88. The van der Waals surface area contributed by atoms with Crippen LogP contribution < -0.4 is 0 Å². The largest absolute Gasteiger partial charge is 0.396 e. The van der Waals surface area contributed by atoms with Gasteiger partial charge >= 0.3 is 6.18 Å². The van der Waals surface area contributed by atoms with Gasteiger partial charge in [0.05, 0.1) is 0 Å². The number of alkyl halides is 3.